The van der Waals surface area contributed by atoms with Crippen LogP contribution in [-0.2, 0) is 19.2 Å². The zero-order valence-electron chi connectivity index (χ0n) is 29.6. The molecule has 10 nitrogen and oxygen atoms in total. The molecule has 0 aromatic heterocycles. The minimum Gasteiger partial charge on any atom is -0.480 e. The van der Waals surface area contributed by atoms with E-state index in [1.807, 2.05) is 0 Å². The van der Waals surface area contributed by atoms with Gasteiger partial charge in [-0.05, 0) is 64.5 Å². The first-order valence-electron chi connectivity index (χ1n) is 18.7. The summed E-state index contributed by atoms with van der Waals surface area (Å²) in [6, 6.07) is -1.54. The summed E-state index contributed by atoms with van der Waals surface area (Å²) in [5, 5.41) is 23.5. The van der Waals surface area contributed by atoms with Crippen molar-refractivity contribution in [1.29, 1.82) is 0 Å². The Kier molecular flexibility index (Phi) is 35.6. The highest BCUT2D eigenvalue weighted by atomic mass is 16.4. The molecular weight excluding hydrogens is 584 g/mol. The van der Waals surface area contributed by atoms with Gasteiger partial charge in [-0.1, -0.05) is 117 Å². The molecule has 0 saturated carbocycles. The van der Waals surface area contributed by atoms with Crippen LogP contribution in [0.1, 0.15) is 181 Å². The Morgan fingerprint density at radius 1 is 0.457 bits per heavy atom. The van der Waals surface area contributed by atoms with Gasteiger partial charge < -0.3 is 32.3 Å². The first kappa shape index (κ1) is 45.9. The number of aliphatic carboxylic acids is 2. The van der Waals surface area contributed by atoms with Gasteiger partial charge in [-0.25, -0.2) is 9.59 Å². The lowest BCUT2D eigenvalue weighted by Gasteiger charge is -2.14. The number of carbonyl (C=O) groups excluding carboxylic acids is 2. The fourth-order valence-electron chi connectivity index (χ4n) is 5.23. The van der Waals surface area contributed by atoms with Crippen LogP contribution in [0.5, 0.6) is 0 Å². The van der Waals surface area contributed by atoms with E-state index in [0.29, 0.717) is 38.8 Å². The zero-order chi connectivity index (χ0) is 34.7. The molecule has 0 aliphatic heterocycles. The monoisotopic (exact) mass is 657 g/mol. The van der Waals surface area contributed by atoms with Crippen molar-refractivity contribution in [2.24, 2.45) is 11.5 Å². The van der Waals surface area contributed by atoms with Crippen molar-refractivity contribution in [1.82, 2.24) is 10.6 Å². The first-order chi connectivity index (χ1) is 22.2. The van der Waals surface area contributed by atoms with Crippen molar-refractivity contribution in [2.75, 3.05) is 13.1 Å². The second-order valence-corrected chi connectivity index (χ2v) is 12.6. The molecule has 0 radical (unpaired) electrons. The molecule has 0 heterocycles. The predicted octanol–water partition coefficient (Wildman–Crippen LogP) is 7.21. The largest absolute Gasteiger partial charge is 0.480 e. The Morgan fingerprint density at radius 2 is 0.739 bits per heavy atom. The second-order valence-electron chi connectivity index (χ2n) is 12.6. The summed E-state index contributed by atoms with van der Waals surface area (Å²) in [6.45, 7) is 5.55. The molecule has 0 rings (SSSR count). The molecule has 272 valence electrons. The van der Waals surface area contributed by atoms with E-state index in [4.69, 9.17) is 21.7 Å². The lowest BCUT2D eigenvalue weighted by Crippen LogP contribution is -2.40. The average Bonchev–Trinajstić information content (AvgIpc) is 3.02. The summed E-state index contributed by atoms with van der Waals surface area (Å²) < 4.78 is 0. The maximum atomic E-state index is 11.8. The van der Waals surface area contributed by atoms with E-state index in [9.17, 15) is 19.2 Å². The lowest BCUT2D eigenvalue weighted by atomic mass is 10.1. The summed E-state index contributed by atoms with van der Waals surface area (Å²) in [6.07, 6.45) is 26.5. The van der Waals surface area contributed by atoms with Gasteiger partial charge in [-0.2, -0.15) is 0 Å². The molecule has 0 aromatic carbocycles. The number of unbranched alkanes of at least 4 members (excludes halogenated alkanes) is 18. The van der Waals surface area contributed by atoms with E-state index in [1.54, 1.807) is 0 Å². The van der Waals surface area contributed by atoms with Gasteiger partial charge in [0.2, 0.25) is 11.8 Å². The van der Waals surface area contributed by atoms with Gasteiger partial charge in [0.05, 0.1) is 0 Å². The van der Waals surface area contributed by atoms with Crippen LogP contribution in [0.3, 0.4) is 0 Å². The third-order valence-corrected chi connectivity index (χ3v) is 8.18. The Balaban J connectivity index is 0. The van der Waals surface area contributed by atoms with Crippen molar-refractivity contribution in [3.63, 3.8) is 0 Å². The molecule has 10 heteroatoms. The molecule has 46 heavy (non-hydrogen) atoms. The number of nitrogens with one attached hydrogen (secondary N) is 2. The highest BCUT2D eigenvalue weighted by molar-refractivity contribution is 5.84. The van der Waals surface area contributed by atoms with Gasteiger partial charge in [0.25, 0.3) is 0 Å². The van der Waals surface area contributed by atoms with Crippen molar-refractivity contribution in [3.05, 3.63) is 0 Å². The third kappa shape index (κ3) is 33.2. The van der Waals surface area contributed by atoms with Gasteiger partial charge in [0, 0.05) is 12.8 Å². The summed E-state index contributed by atoms with van der Waals surface area (Å²) in [5.41, 5.74) is 10.8. The topological polar surface area (TPSA) is 185 Å². The Hall–Kier alpha value is -2.20. The van der Waals surface area contributed by atoms with Crippen LogP contribution in [-0.4, -0.2) is 59.1 Å². The number of amides is 2. The van der Waals surface area contributed by atoms with Crippen LogP contribution in [0.4, 0.5) is 0 Å². The van der Waals surface area contributed by atoms with Crippen LogP contribution in [0.2, 0.25) is 0 Å². The Morgan fingerprint density at radius 3 is 1.00 bits per heavy atom. The van der Waals surface area contributed by atoms with Crippen molar-refractivity contribution in [3.8, 4) is 0 Å². The quantitative estimate of drug-likeness (QED) is 0.0410. The molecule has 0 spiro atoms. The smallest absolute Gasteiger partial charge is 0.326 e. The summed E-state index contributed by atoms with van der Waals surface area (Å²) in [5.74, 6) is -2.20. The molecular formula is C36H72N4O6. The van der Waals surface area contributed by atoms with Crippen LogP contribution in [0.15, 0.2) is 0 Å². The van der Waals surface area contributed by atoms with Crippen LogP contribution >= 0.6 is 0 Å². The minimum atomic E-state index is -0.956. The molecule has 2 atom stereocenters. The average molecular weight is 657 g/mol. The van der Waals surface area contributed by atoms with Crippen LogP contribution < -0.4 is 22.1 Å². The summed E-state index contributed by atoms with van der Waals surface area (Å²) in [4.78, 5) is 45.8. The third-order valence-electron chi connectivity index (χ3n) is 8.18. The van der Waals surface area contributed by atoms with Gasteiger partial charge >= 0.3 is 11.9 Å². The molecule has 0 bridgehead atoms. The summed E-state index contributed by atoms with van der Waals surface area (Å²) in [7, 11) is 0. The normalized spacial score (nSPS) is 12.1. The first-order valence-corrected chi connectivity index (χ1v) is 18.7. The number of carbonyl (C=O) groups is 4. The molecule has 8 N–H and O–H groups in total. The fourth-order valence-corrected chi connectivity index (χ4v) is 5.23. The van der Waals surface area contributed by atoms with E-state index >= 15 is 0 Å². The van der Waals surface area contributed by atoms with Crippen LogP contribution in [0, 0.1) is 0 Å². The fraction of sp³-hybridized carbons (Fsp3) is 0.889. The minimum absolute atomic E-state index is 0.145. The zero-order valence-corrected chi connectivity index (χ0v) is 29.6. The number of hydrogen-bond acceptors (Lipinski definition) is 6. The molecule has 0 aliphatic rings. The van der Waals surface area contributed by atoms with Gasteiger partial charge in [-0.15, -0.1) is 0 Å². The number of carboxylic acids is 2. The van der Waals surface area contributed by atoms with Gasteiger partial charge in [0.15, 0.2) is 0 Å². The highest BCUT2D eigenvalue weighted by Gasteiger charge is 2.19. The predicted molar refractivity (Wildman–Crippen MR) is 189 cm³/mol. The van der Waals surface area contributed by atoms with E-state index in [-0.39, 0.29) is 11.8 Å². The Labute approximate surface area is 281 Å². The number of hydrogen-bond donors (Lipinski definition) is 6. The van der Waals surface area contributed by atoms with E-state index in [0.717, 1.165) is 64.2 Å². The standard InChI is InChI=1S/2C18H36N2O3/c2*1-2-3-4-5-6-7-8-9-10-14-17(21)20-16(18(22)23)13-11-12-15-19/h2*16H,2-15,19H2,1H3,(H,20,21)(H,22,23)/t2*16-/m00/s1. The van der Waals surface area contributed by atoms with E-state index < -0.39 is 24.0 Å². The maximum absolute atomic E-state index is 11.8. The highest BCUT2D eigenvalue weighted by Crippen LogP contribution is 2.12. The molecule has 0 fully saturated rings. The molecule has 0 unspecified atom stereocenters. The number of rotatable bonds is 32. The maximum Gasteiger partial charge on any atom is 0.326 e. The van der Waals surface area contributed by atoms with Crippen LogP contribution in [0.25, 0.3) is 0 Å². The van der Waals surface area contributed by atoms with Gasteiger partial charge in [0.1, 0.15) is 12.1 Å². The SMILES string of the molecule is CCCCCCCCCCCC(=O)N[C@@H](CCCCN)C(=O)O.CCCCCCCCCCCC(=O)N[C@@H](CCCCN)C(=O)O. The van der Waals surface area contributed by atoms with E-state index in [2.05, 4.69) is 24.5 Å². The van der Waals surface area contributed by atoms with E-state index in [1.165, 1.54) is 77.0 Å². The lowest BCUT2D eigenvalue weighted by molar-refractivity contribution is -0.142. The van der Waals surface area contributed by atoms with Gasteiger partial charge in [-0.3, -0.25) is 9.59 Å². The molecule has 0 aliphatic carbocycles. The molecule has 0 saturated heterocycles. The second kappa shape index (κ2) is 35.7. The van der Waals surface area contributed by atoms with Crippen molar-refractivity contribution in [2.45, 2.75) is 193 Å². The summed E-state index contributed by atoms with van der Waals surface area (Å²) >= 11 is 0. The molecule has 0 aromatic rings. The Bertz CT molecular complexity index is 677. The van der Waals surface area contributed by atoms with Crippen molar-refractivity contribution < 1.29 is 29.4 Å². The molecule has 2 amide bonds. The van der Waals surface area contributed by atoms with Crippen molar-refractivity contribution >= 4 is 23.8 Å². The number of carboxylic acid groups (broad SMARTS) is 2. The number of nitrogens with two attached hydrogens (primary N) is 2.